The van der Waals surface area contributed by atoms with Gasteiger partial charge >= 0.3 is 5.97 Å². The Kier molecular flexibility index (Phi) is 4.24. The summed E-state index contributed by atoms with van der Waals surface area (Å²) in [5, 5.41) is 3.21. The fourth-order valence-electron chi connectivity index (χ4n) is 2.68. The molecule has 0 saturated carbocycles. The van der Waals surface area contributed by atoms with E-state index >= 15 is 0 Å². The lowest BCUT2D eigenvalue weighted by atomic mass is 10.0. The number of benzene rings is 1. The Bertz CT molecular complexity index is 1000. The van der Waals surface area contributed by atoms with E-state index in [9.17, 15) is 9.59 Å². The fourth-order valence-corrected chi connectivity index (χ4v) is 3.28. The molecular weight excluding hydrogens is 326 g/mol. The van der Waals surface area contributed by atoms with Gasteiger partial charge in [-0.05, 0) is 31.9 Å². The monoisotopic (exact) mass is 343 g/mol. The zero-order valence-corrected chi connectivity index (χ0v) is 14.7. The number of nitrogens with zero attached hydrogens (tertiary/aromatic N) is 1. The summed E-state index contributed by atoms with van der Waals surface area (Å²) >= 11 is 1.49. The van der Waals surface area contributed by atoms with Gasteiger partial charge in [0, 0.05) is 18.4 Å². The van der Waals surface area contributed by atoms with Gasteiger partial charge in [0.05, 0.1) is 21.7 Å². The number of hydrogen-bond acceptors (Lipinski definition) is 6. The number of thiazole rings is 1. The van der Waals surface area contributed by atoms with Crippen LogP contribution in [0.25, 0.3) is 22.2 Å². The van der Waals surface area contributed by atoms with Crippen molar-refractivity contribution >= 4 is 28.3 Å². The topological polar surface area (TPSA) is 69.4 Å². The number of aryl methyl sites for hydroxylation is 3. The lowest BCUT2D eigenvalue weighted by Gasteiger charge is -2.10. The van der Waals surface area contributed by atoms with Crippen LogP contribution in [0.2, 0.25) is 0 Å². The summed E-state index contributed by atoms with van der Waals surface area (Å²) in [5.41, 5.74) is 2.18. The van der Waals surface area contributed by atoms with Gasteiger partial charge in [-0.3, -0.25) is 9.59 Å². The van der Waals surface area contributed by atoms with Crippen molar-refractivity contribution in [2.24, 2.45) is 0 Å². The minimum Gasteiger partial charge on any atom is -0.460 e. The van der Waals surface area contributed by atoms with Crippen LogP contribution in [0.15, 0.2) is 26.7 Å². The third-order valence-electron chi connectivity index (χ3n) is 3.76. The van der Waals surface area contributed by atoms with Crippen LogP contribution in [0.3, 0.4) is 0 Å². The van der Waals surface area contributed by atoms with E-state index in [1.165, 1.54) is 18.3 Å². The smallest absolute Gasteiger partial charge is 0.308 e. The molecule has 0 radical (unpaired) electrons. The highest BCUT2D eigenvalue weighted by Gasteiger charge is 2.18. The van der Waals surface area contributed by atoms with Gasteiger partial charge in [-0.2, -0.15) is 0 Å². The Morgan fingerprint density at radius 2 is 2.08 bits per heavy atom. The number of rotatable bonds is 3. The van der Waals surface area contributed by atoms with Crippen LogP contribution < -0.4 is 10.2 Å². The highest BCUT2D eigenvalue weighted by atomic mass is 32.1. The van der Waals surface area contributed by atoms with E-state index in [0.717, 1.165) is 10.6 Å². The lowest BCUT2D eigenvalue weighted by Crippen LogP contribution is -2.10. The van der Waals surface area contributed by atoms with E-state index in [2.05, 4.69) is 4.98 Å². The standard InChI is InChI=1S/C18H17NO4S/c1-5-12-6-13-16(7-15(12)23-11(4)20)22-9(2)17(18(13)21)14-8-24-10(3)19-14/h6-8H,5H2,1-4H3. The molecule has 2 heterocycles. The number of esters is 1. The lowest BCUT2D eigenvalue weighted by molar-refractivity contribution is -0.131. The number of aromatic nitrogens is 1. The van der Waals surface area contributed by atoms with E-state index in [1.807, 2.05) is 19.2 Å². The summed E-state index contributed by atoms with van der Waals surface area (Å²) in [5.74, 6) is 0.519. The van der Waals surface area contributed by atoms with E-state index in [1.54, 1.807) is 19.1 Å². The number of fused-ring (bicyclic) bond motifs is 1. The van der Waals surface area contributed by atoms with Crippen LogP contribution >= 0.6 is 11.3 Å². The molecule has 0 atom stereocenters. The maximum Gasteiger partial charge on any atom is 0.308 e. The molecule has 0 aliphatic carbocycles. The van der Waals surface area contributed by atoms with E-state index in [0.29, 0.717) is 40.2 Å². The zero-order chi connectivity index (χ0) is 17.4. The molecule has 124 valence electrons. The van der Waals surface area contributed by atoms with Crippen molar-refractivity contribution in [2.75, 3.05) is 0 Å². The van der Waals surface area contributed by atoms with Crippen LogP contribution in [-0.4, -0.2) is 11.0 Å². The van der Waals surface area contributed by atoms with Crippen molar-refractivity contribution < 1.29 is 13.9 Å². The molecule has 0 aliphatic heterocycles. The molecule has 0 N–H and O–H groups in total. The first kappa shape index (κ1) is 16.4. The van der Waals surface area contributed by atoms with Crippen molar-refractivity contribution in [1.82, 2.24) is 4.98 Å². The molecule has 3 aromatic rings. The zero-order valence-electron chi connectivity index (χ0n) is 13.9. The largest absolute Gasteiger partial charge is 0.460 e. The second-order valence-corrected chi connectivity index (χ2v) is 6.58. The maximum absolute atomic E-state index is 13.0. The molecule has 3 rings (SSSR count). The van der Waals surface area contributed by atoms with Crippen molar-refractivity contribution in [3.8, 4) is 17.0 Å². The maximum atomic E-state index is 13.0. The van der Waals surface area contributed by atoms with Crippen LogP contribution in [0, 0.1) is 13.8 Å². The van der Waals surface area contributed by atoms with Gasteiger partial charge in [-0.1, -0.05) is 6.92 Å². The van der Waals surface area contributed by atoms with Gasteiger partial charge in [0.1, 0.15) is 17.1 Å². The molecule has 0 amide bonds. The normalized spacial score (nSPS) is 11.0. The average molecular weight is 343 g/mol. The van der Waals surface area contributed by atoms with Gasteiger partial charge in [-0.25, -0.2) is 4.98 Å². The van der Waals surface area contributed by atoms with Gasteiger partial charge in [-0.15, -0.1) is 11.3 Å². The fraction of sp³-hybridized carbons (Fsp3) is 0.278. The minimum atomic E-state index is -0.405. The van der Waals surface area contributed by atoms with Crippen LogP contribution in [-0.2, 0) is 11.2 Å². The molecule has 0 fully saturated rings. The third kappa shape index (κ3) is 2.85. The van der Waals surface area contributed by atoms with Crippen molar-refractivity contribution in [1.29, 1.82) is 0 Å². The molecule has 6 heteroatoms. The molecule has 0 bridgehead atoms. The molecule has 2 aromatic heterocycles. The number of ether oxygens (including phenoxy) is 1. The Labute approximate surface area is 142 Å². The third-order valence-corrected chi connectivity index (χ3v) is 4.53. The van der Waals surface area contributed by atoms with Gasteiger partial charge in [0.25, 0.3) is 0 Å². The molecule has 5 nitrogen and oxygen atoms in total. The second-order valence-electron chi connectivity index (χ2n) is 5.52. The number of carbonyl (C=O) groups is 1. The Balaban J connectivity index is 2.29. The Hall–Kier alpha value is -2.47. The van der Waals surface area contributed by atoms with Crippen molar-refractivity contribution in [3.63, 3.8) is 0 Å². The van der Waals surface area contributed by atoms with Crippen LogP contribution in [0.5, 0.6) is 5.75 Å². The first-order valence-corrected chi connectivity index (χ1v) is 8.50. The number of hydrogen-bond donors (Lipinski definition) is 0. The quantitative estimate of drug-likeness (QED) is 0.531. The highest BCUT2D eigenvalue weighted by molar-refractivity contribution is 7.09. The second kappa shape index (κ2) is 6.20. The summed E-state index contributed by atoms with van der Waals surface area (Å²) < 4.78 is 11.1. The molecule has 0 saturated heterocycles. The van der Waals surface area contributed by atoms with Crippen LogP contribution in [0.4, 0.5) is 0 Å². The first-order valence-electron chi connectivity index (χ1n) is 7.62. The first-order chi connectivity index (χ1) is 11.4. The highest BCUT2D eigenvalue weighted by Crippen LogP contribution is 2.30. The summed E-state index contributed by atoms with van der Waals surface area (Å²) in [6.07, 6.45) is 0.636. The Morgan fingerprint density at radius 3 is 2.67 bits per heavy atom. The van der Waals surface area contributed by atoms with E-state index in [-0.39, 0.29) is 5.43 Å². The predicted molar refractivity (Wildman–Crippen MR) is 93.8 cm³/mol. The molecular formula is C18H17NO4S. The molecule has 0 aliphatic rings. The van der Waals surface area contributed by atoms with Crippen molar-refractivity contribution in [3.05, 3.63) is 44.1 Å². The minimum absolute atomic E-state index is 0.122. The SMILES string of the molecule is CCc1cc2c(=O)c(-c3csc(C)n3)c(C)oc2cc1OC(C)=O. The molecule has 0 spiro atoms. The molecule has 0 unspecified atom stereocenters. The van der Waals surface area contributed by atoms with E-state index < -0.39 is 5.97 Å². The van der Waals surface area contributed by atoms with Gasteiger partial charge in [0.2, 0.25) is 5.43 Å². The predicted octanol–water partition coefficient (Wildman–Crippen LogP) is 4.02. The van der Waals surface area contributed by atoms with Gasteiger partial charge < -0.3 is 9.15 Å². The summed E-state index contributed by atoms with van der Waals surface area (Å²) in [6.45, 7) is 6.92. The van der Waals surface area contributed by atoms with Crippen LogP contribution in [0.1, 0.15) is 30.2 Å². The van der Waals surface area contributed by atoms with E-state index in [4.69, 9.17) is 9.15 Å². The number of carbonyl (C=O) groups excluding carboxylic acids is 1. The van der Waals surface area contributed by atoms with Gasteiger partial charge in [0.15, 0.2) is 0 Å². The Morgan fingerprint density at radius 1 is 1.33 bits per heavy atom. The summed E-state index contributed by atoms with van der Waals surface area (Å²) in [7, 11) is 0. The molecule has 24 heavy (non-hydrogen) atoms. The van der Waals surface area contributed by atoms with Crippen molar-refractivity contribution in [2.45, 2.75) is 34.1 Å². The summed E-state index contributed by atoms with van der Waals surface area (Å²) in [6, 6.07) is 3.35. The summed E-state index contributed by atoms with van der Waals surface area (Å²) in [4.78, 5) is 28.6. The average Bonchev–Trinajstić information content (AvgIpc) is 2.92. The molecule has 1 aromatic carbocycles.